The van der Waals surface area contributed by atoms with Crippen molar-refractivity contribution in [3.63, 3.8) is 0 Å². The van der Waals surface area contributed by atoms with Crippen molar-refractivity contribution in [3.05, 3.63) is 16.3 Å². The molecule has 4 nitrogen and oxygen atoms in total. The van der Waals surface area contributed by atoms with Gasteiger partial charge in [-0.1, -0.05) is 20.8 Å². The highest BCUT2D eigenvalue weighted by molar-refractivity contribution is 7.19. The maximum absolute atomic E-state index is 5.55. The van der Waals surface area contributed by atoms with Crippen molar-refractivity contribution in [2.75, 3.05) is 31.2 Å². The predicted molar refractivity (Wildman–Crippen MR) is 100 cm³/mol. The van der Waals surface area contributed by atoms with Crippen LogP contribution < -0.4 is 4.90 Å². The monoisotopic (exact) mass is 345 g/mol. The Morgan fingerprint density at radius 2 is 2.04 bits per heavy atom. The summed E-state index contributed by atoms with van der Waals surface area (Å²) in [7, 11) is 0. The summed E-state index contributed by atoms with van der Waals surface area (Å²) < 4.78 is 5.55. The van der Waals surface area contributed by atoms with Crippen LogP contribution in [-0.4, -0.2) is 36.3 Å². The van der Waals surface area contributed by atoms with Gasteiger partial charge in [-0.15, -0.1) is 11.3 Å². The summed E-state index contributed by atoms with van der Waals surface area (Å²) in [6.45, 7) is 10.3. The highest BCUT2D eigenvalue weighted by Crippen LogP contribution is 2.41. The normalized spacial score (nSPS) is 21.5. The van der Waals surface area contributed by atoms with E-state index in [1.807, 2.05) is 11.3 Å². The summed E-state index contributed by atoms with van der Waals surface area (Å²) in [5.74, 6) is 3.55. The molecule has 2 aliphatic rings. The van der Waals surface area contributed by atoms with E-state index in [1.54, 1.807) is 4.88 Å². The van der Waals surface area contributed by atoms with Crippen molar-refractivity contribution in [1.82, 2.24) is 9.97 Å². The molecule has 1 aliphatic heterocycles. The van der Waals surface area contributed by atoms with Crippen molar-refractivity contribution in [2.24, 2.45) is 11.8 Å². The van der Waals surface area contributed by atoms with Crippen LogP contribution in [0.4, 0.5) is 5.82 Å². The highest BCUT2D eigenvalue weighted by Gasteiger charge is 2.26. The van der Waals surface area contributed by atoms with Gasteiger partial charge in [0, 0.05) is 24.4 Å². The summed E-state index contributed by atoms with van der Waals surface area (Å²) >= 11 is 1.91. The van der Waals surface area contributed by atoms with Crippen LogP contribution in [0.15, 0.2) is 0 Å². The van der Waals surface area contributed by atoms with Crippen LogP contribution in [-0.2, 0) is 24.0 Å². The van der Waals surface area contributed by atoms with Crippen LogP contribution in [0.5, 0.6) is 0 Å². The maximum atomic E-state index is 5.55. The number of fused-ring (bicyclic) bond motifs is 3. The van der Waals surface area contributed by atoms with Gasteiger partial charge >= 0.3 is 0 Å². The number of anilines is 1. The van der Waals surface area contributed by atoms with Crippen molar-refractivity contribution in [1.29, 1.82) is 0 Å². The van der Waals surface area contributed by atoms with E-state index in [1.165, 1.54) is 40.9 Å². The van der Waals surface area contributed by atoms with Crippen LogP contribution in [0.3, 0.4) is 0 Å². The van der Waals surface area contributed by atoms with E-state index in [2.05, 4.69) is 25.7 Å². The second-order valence-electron chi connectivity index (χ2n) is 7.69. The minimum absolute atomic E-state index is 0.578. The van der Waals surface area contributed by atoms with Gasteiger partial charge in [-0.05, 0) is 36.7 Å². The van der Waals surface area contributed by atoms with Gasteiger partial charge in [-0.2, -0.15) is 0 Å². The number of nitrogens with zero attached hydrogens (tertiary/aromatic N) is 3. The molecular weight excluding hydrogens is 318 g/mol. The number of aryl methyl sites for hydroxylation is 1. The molecule has 0 unspecified atom stereocenters. The van der Waals surface area contributed by atoms with E-state index in [9.17, 15) is 0 Å². The van der Waals surface area contributed by atoms with Gasteiger partial charge in [-0.25, -0.2) is 9.97 Å². The third-order valence-corrected chi connectivity index (χ3v) is 6.23. The van der Waals surface area contributed by atoms with E-state index >= 15 is 0 Å². The quantitative estimate of drug-likeness (QED) is 0.847. The third-order valence-electron chi connectivity index (χ3n) is 5.08. The van der Waals surface area contributed by atoms with Crippen LogP contribution in [0, 0.1) is 11.8 Å². The molecule has 0 aromatic carbocycles. The fourth-order valence-corrected chi connectivity index (χ4v) is 5.22. The first kappa shape index (κ1) is 16.3. The number of ether oxygens (including phenoxy) is 1. The Morgan fingerprint density at radius 3 is 2.79 bits per heavy atom. The Morgan fingerprint density at radius 1 is 1.25 bits per heavy atom. The minimum Gasteiger partial charge on any atom is -0.378 e. The van der Waals surface area contributed by atoms with E-state index < -0.39 is 0 Å². The Balaban J connectivity index is 1.85. The third kappa shape index (κ3) is 3.04. The van der Waals surface area contributed by atoms with Gasteiger partial charge in [0.05, 0.1) is 18.6 Å². The molecule has 0 bridgehead atoms. The van der Waals surface area contributed by atoms with Gasteiger partial charge in [0.15, 0.2) is 0 Å². The summed E-state index contributed by atoms with van der Waals surface area (Å²) in [4.78, 5) is 15.2. The molecule has 2 aromatic rings. The fraction of sp³-hybridized carbons (Fsp3) is 0.684. The second-order valence-corrected chi connectivity index (χ2v) is 8.78. The first-order chi connectivity index (χ1) is 11.6. The molecule has 1 fully saturated rings. The number of hydrogen-bond acceptors (Lipinski definition) is 5. The molecule has 0 saturated carbocycles. The molecule has 0 radical (unpaired) electrons. The molecule has 130 valence electrons. The molecule has 1 atom stereocenters. The summed E-state index contributed by atoms with van der Waals surface area (Å²) in [6.07, 6.45) is 4.63. The molecule has 1 aliphatic carbocycles. The highest BCUT2D eigenvalue weighted by atomic mass is 32.1. The van der Waals surface area contributed by atoms with Gasteiger partial charge in [-0.3, -0.25) is 0 Å². The average Bonchev–Trinajstić information content (AvgIpc) is 2.91. The fourth-order valence-electron chi connectivity index (χ4n) is 3.83. The van der Waals surface area contributed by atoms with Crippen molar-refractivity contribution >= 4 is 27.4 Å². The van der Waals surface area contributed by atoms with Crippen molar-refractivity contribution in [2.45, 2.75) is 46.5 Å². The molecule has 0 amide bonds. The van der Waals surface area contributed by atoms with Gasteiger partial charge < -0.3 is 9.64 Å². The van der Waals surface area contributed by atoms with Crippen LogP contribution >= 0.6 is 11.3 Å². The lowest BCUT2D eigenvalue weighted by atomic mass is 9.89. The Bertz CT molecular complexity index is 734. The maximum Gasteiger partial charge on any atom is 0.141 e. The van der Waals surface area contributed by atoms with Crippen LogP contribution in [0.1, 0.15) is 43.5 Å². The first-order valence-electron chi connectivity index (χ1n) is 9.25. The number of morpholine rings is 1. The molecule has 4 rings (SSSR count). The zero-order valence-corrected chi connectivity index (χ0v) is 15.8. The van der Waals surface area contributed by atoms with Gasteiger partial charge in [0.2, 0.25) is 0 Å². The largest absolute Gasteiger partial charge is 0.378 e. The lowest BCUT2D eigenvalue weighted by Crippen LogP contribution is -2.37. The molecule has 5 heteroatoms. The first-order valence-corrected chi connectivity index (χ1v) is 10.1. The summed E-state index contributed by atoms with van der Waals surface area (Å²) in [5.41, 5.74) is 1.53. The van der Waals surface area contributed by atoms with Crippen molar-refractivity contribution < 1.29 is 4.74 Å². The average molecular weight is 346 g/mol. The SMILES string of the molecule is CC(C)Cc1nc(N2CCOCC2)c2c3c(sc2n1)C[C@@H](C)CC3. The van der Waals surface area contributed by atoms with Gasteiger partial charge in [0.25, 0.3) is 0 Å². The Hall–Kier alpha value is -1.20. The molecule has 2 aromatic heterocycles. The zero-order chi connectivity index (χ0) is 16.7. The smallest absolute Gasteiger partial charge is 0.141 e. The van der Waals surface area contributed by atoms with E-state index in [0.717, 1.165) is 44.5 Å². The van der Waals surface area contributed by atoms with Crippen LogP contribution in [0.2, 0.25) is 0 Å². The standard InChI is InChI=1S/C19H27N3OS/c1-12(2)10-16-20-18(22-6-8-23-9-7-22)17-14-5-4-13(3)11-15(14)24-19(17)21-16/h12-13H,4-11H2,1-3H3/t13-/m0/s1. The number of aromatic nitrogens is 2. The van der Waals surface area contributed by atoms with E-state index in [0.29, 0.717) is 5.92 Å². The number of rotatable bonds is 3. The summed E-state index contributed by atoms with van der Waals surface area (Å²) in [5, 5.41) is 1.34. The lowest BCUT2D eigenvalue weighted by molar-refractivity contribution is 0.122. The molecule has 1 saturated heterocycles. The number of thiophene rings is 1. The zero-order valence-electron chi connectivity index (χ0n) is 15.0. The molecule has 0 spiro atoms. The minimum atomic E-state index is 0.578. The van der Waals surface area contributed by atoms with E-state index in [-0.39, 0.29) is 0 Å². The topological polar surface area (TPSA) is 38.2 Å². The number of hydrogen-bond donors (Lipinski definition) is 0. The second kappa shape index (κ2) is 6.60. The van der Waals surface area contributed by atoms with Crippen LogP contribution in [0.25, 0.3) is 10.2 Å². The molecule has 0 N–H and O–H groups in total. The van der Waals surface area contributed by atoms with E-state index in [4.69, 9.17) is 14.7 Å². The van der Waals surface area contributed by atoms with Gasteiger partial charge in [0.1, 0.15) is 16.5 Å². The molecule has 24 heavy (non-hydrogen) atoms. The Kier molecular flexibility index (Phi) is 4.48. The predicted octanol–water partition coefficient (Wildman–Crippen LogP) is 3.85. The Labute approximate surface area is 148 Å². The van der Waals surface area contributed by atoms with Crippen molar-refractivity contribution in [3.8, 4) is 0 Å². The summed E-state index contributed by atoms with van der Waals surface area (Å²) in [6, 6.07) is 0. The molecular formula is C19H27N3OS. The lowest BCUT2D eigenvalue weighted by Gasteiger charge is -2.29. The molecule has 3 heterocycles.